The zero-order valence-electron chi connectivity index (χ0n) is 12.6. The Morgan fingerprint density at radius 2 is 2.22 bits per heavy atom. The Balaban J connectivity index is 1.59. The summed E-state index contributed by atoms with van der Waals surface area (Å²) in [6, 6.07) is 8.41. The summed E-state index contributed by atoms with van der Waals surface area (Å²) in [6.07, 6.45) is 2.11. The predicted octanol–water partition coefficient (Wildman–Crippen LogP) is 3.15. The average Bonchev–Trinajstić information content (AvgIpc) is 2.92. The maximum Gasteiger partial charge on any atom is 0.414 e. The number of nitrogens with zero attached hydrogens (tertiary/aromatic N) is 3. The molecule has 1 unspecified atom stereocenters. The lowest BCUT2D eigenvalue weighted by atomic mass is 10.0. The Hall–Kier alpha value is -1.68. The van der Waals surface area contributed by atoms with E-state index in [1.165, 1.54) is 9.77 Å². The van der Waals surface area contributed by atoms with Crippen molar-refractivity contribution in [3.8, 4) is 6.01 Å². The molecule has 8 heteroatoms. The second-order valence-corrected chi connectivity index (χ2v) is 7.00. The lowest BCUT2D eigenvalue weighted by Crippen LogP contribution is -2.42. The molecule has 0 spiro atoms. The normalized spacial score (nSPS) is 19.9. The van der Waals surface area contributed by atoms with Gasteiger partial charge in [0.1, 0.15) is 11.8 Å². The van der Waals surface area contributed by atoms with Crippen LogP contribution in [0.1, 0.15) is 18.9 Å². The molecule has 1 aliphatic rings. The first-order valence-corrected chi connectivity index (χ1v) is 8.26. The zero-order valence-corrected chi connectivity index (χ0v) is 14.7. The summed E-state index contributed by atoms with van der Waals surface area (Å²) in [5.41, 5.74) is 0.570. The summed E-state index contributed by atoms with van der Waals surface area (Å²) in [4.78, 5) is 14.2. The topological polar surface area (TPSA) is 79.4 Å². The monoisotopic (exact) mass is 429 g/mol. The van der Waals surface area contributed by atoms with Crippen molar-refractivity contribution in [3.05, 3.63) is 49.7 Å². The third kappa shape index (κ3) is 3.81. The molecule has 2 heterocycles. The Morgan fingerprint density at radius 3 is 2.91 bits per heavy atom. The van der Waals surface area contributed by atoms with Gasteiger partial charge in [-0.1, -0.05) is 12.1 Å². The van der Waals surface area contributed by atoms with Crippen LogP contribution in [0, 0.1) is 13.7 Å². The van der Waals surface area contributed by atoms with E-state index >= 15 is 0 Å². The molecule has 1 aromatic heterocycles. The van der Waals surface area contributed by atoms with Crippen LogP contribution in [-0.4, -0.2) is 26.7 Å². The number of imidazole rings is 1. The van der Waals surface area contributed by atoms with Crippen LogP contribution in [0.5, 0.6) is 6.01 Å². The second-order valence-electron chi connectivity index (χ2n) is 5.75. The number of hydrogen-bond donors (Lipinski definition) is 0. The van der Waals surface area contributed by atoms with Gasteiger partial charge in [-0.25, -0.2) is 0 Å². The van der Waals surface area contributed by atoms with Gasteiger partial charge in [-0.15, -0.1) is 0 Å². The SMILES string of the molecule is CC1(COCc2ccc(I)cc2)CCn2cc([N+](=O)[O-])nc2O1. The van der Waals surface area contributed by atoms with Crippen LogP contribution in [0.25, 0.3) is 0 Å². The standard InChI is InChI=1S/C15H16IN3O4/c1-15(10-22-9-11-2-4-12(16)5-3-11)6-7-18-8-13(19(20)21)17-14(18)23-15/h2-5,8H,6-7,9-10H2,1H3. The van der Waals surface area contributed by atoms with Crippen molar-refractivity contribution < 1.29 is 14.4 Å². The van der Waals surface area contributed by atoms with Crippen molar-refractivity contribution in [2.24, 2.45) is 0 Å². The Kier molecular flexibility index (Phi) is 4.53. The molecule has 0 saturated heterocycles. The highest BCUT2D eigenvalue weighted by Gasteiger charge is 2.36. The smallest absolute Gasteiger partial charge is 0.414 e. The van der Waals surface area contributed by atoms with Crippen molar-refractivity contribution in [1.82, 2.24) is 9.55 Å². The Labute approximate surface area is 146 Å². The highest BCUT2D eigenvalue weighted by molar-refractivity contribution is 14.1. The second kappa shape index (κ2) is 6.44. The van der Waals surface area contributed by atoms with E-state index in [4.69, 9.17) is 9.47 Å². The molecule has 1 aromatic carbocycles. The molecule has 1 aliphatic heterocycles. The quantitative estimate of drug-likeness (QED) is 0.415. The minimum Gasteiger partial charge on any atom is -0.437 e. The number of hydrogen-bond acceptors (Lipinski definition) is 5. The van der Waals surface area contributed by atoms with Crippen molar-refractivity contribution in [2.45, 2.75) is 32.1 Å². The van der Waals surface area contributed by atoms with Crippen LogP contribution in [0.2, 0.25) is 0 Å². The van der Waals surface area contributed by atoms with Crippen LogP contribution in [0.15, 0.2) is 30.5 Å². The average molecular weight is 429 g/mol. The van der Waals surface area contributed by atoms with E-state index in [1.807, 2.05) is 31.2 Å². The fourth-order valence-corrected chi connectivity index (χ4v) is 2.77. The molecule has 1 atom stereocenters. The number of benzene rings is 1. The molecule has 3 rings (SSSR count). The van der Waals surface area contributed by atoms with Gasteiger partial charge in [-0.05, 0) is 52.1 Å². The lowest BCUT2D eigenvalue weighted by Gasteiger charge is -2.32. The van der Waals surface area contributed by atoms with Crippen molar-refractivity contribution in [1.29, 1.82) is 0 Å². The predicted molar refractivity (Wildman–Crippen MR) is 91.3 cm³/mol. The number of fused-ring (bicyclic) bond motifs is 1. The molecular formula is C15H16IN3O4. The van der Waals surface area contributed by atoms with E-state index in [0.29, 0.717) is 26.2 Å². The van der Waals surface area contributed by atoms with E-state index in [1.54, 1.807) is 4.57 Å². The van der Waals surface area contributed by atoms with Gasteiger partial charge in [-0.3, -0.25) is 4.57 Å². The van der Waals surface area contributed by atoms with Gasteiger partial charge < -0.3 is 19.6 Å². The van der Waals surface area contributed by atoms with Gasteiger partial charge >= 0.3 is 11.8 Å². The van der Waals surface area contributed by atoms with Crippen LogP contribution in [0.3, 0.4) is 0 Å². The van der Waals surface area contributed by atoms with E-state index in [9.17, 15) is 10.1 Å². The van der Waals surface area contributed by atoms with Gasteiger partial charge in [0.15, 0.2) is 0 Å². The summed E-state index contributed by atoms with van der Waals surface area (Å²) in [5.74, 6) is -0.191. The molecule has 0 bridgehead atoms. The summed E-state index contributed by atoms with van der Waals surface area (Å²) < 4.78 is 14.4. The third-order valence-corrected chi connectivity index (χ3v) is 4.44. The van der Waals surface area contributed by atoms with Gasteiger partial charge in [0.25, 0.3) is 0 Å². The molecule has 0 amide bonds. The number of rotatable bonds is 5. The van der Waals surface area contributed by atoms with Gasteiger partial charge in [0.05, 0.1) is 13.2 Å². The molecule has 0 radical (unpaired) electrons. The number of nitro groups is 1. The number of aryl methyl sites for hydroxylation is 1. The first-order chi connectivity index (χ1) is 11.0. The molecule has 0 saturated carbocycles. The van der Waals surface area contributed by atoms with E-state index in [0.717, 1.165) is 5.56 Å². The van der Waals surface area contributed by atoms with Crippen LogP contribution in [-0.2, 0) is 17.9 Å². The van der Waals surface area contributed by atoms with Crippen LogP contribution >= 0.6 is 22.6 Å². The van der Waals surface area contributed by atoms with Gasteiger partial charge in [0.2, 0.25) is 0 Å². The van der Waals surface area contributed by atoms with Gasteiger partial charge in [-0.2, -0.15) is 0 Å². The zero-order chi connectivity index (χ0) is 16.4. The summed E-state index contributed by atoms with van der Waals surface area (Å²) in [7, 11) is 0. The number of halogens is 1. The van der Waals surface area contributed by atoms with E-state index in [2.05, 4.69) is 27.6 Å². The van der Waals surface area contributed by atoms with Crippen molar-refractivity contribution in [3.63, 3.8) is 0 Å². The molecule has 0 N–H and O–H groups in total. The van der Waals surface area contributed by atoms with Crippen molar-refractivity contribution in [2.75, 3.05) is 6.61 Å². The number of ether oxygens (including phenoxy) is 2. The highest BCUT2D eigenvalue weighted by Crippen LogP contribution is 2.30. The molecular weight excluding hydrogens is 413 g/mol. The fourth-order valence-electron chi connectivity index (χ4n) is 2.41. The Morgan fingerprint density at radius 1 is 1.48 bits per heavy atom. The number of aromatic nitrogens is 2. The van der Waals surface area contributed by atoms with Crippen molar-refractivity contribution >= 4 is 28.4 Å². The van der Waals surface area contributed by atoms with Crippen LogP contribution in [0.4, 0.5) is 5.82 Å². The third-order valence-electron chi connectivity index (χ3n) is 3.72. The molecule has 122 valence electrons. The summed E-state index contributed by atoms with van der Waals surface area (Å²) in [5, 5.41) is 10.8. The molecule has 23 heavy (non-hydrogen) atoms. The highest BCUT2D eigenvalue weighted by atomic mass is 127. The lowest BCUT2D eigenvalue weighted by molar-refractivity contribution is -0.389. The molecule has 2 aromatic rings. The molecule has 0 fully saturated rings. The Bertz CT molecular complexity index is 716. The van der Waals surface area contributed by atoms with Gasteiger partial charge in [0, 0.05) is 21.5 Å². The minimum absolute atomic E-state index is 0.191. The summed E-state index contributed by atoms with van der Waals surface area (Å²) in [6.45, 7) is 3.47. The van der Waals surface area contributed by atoms with E-state index in [-0.39, 0.29) is 11.8 Å². The molecule has 0 aliphatic carbocycles. The van der Waals surface area contributed by atoms with E-state index < -0.39 is 10.5 Å². The minimum atomic E-state index is -0.529. The molecule has 7 nitrogen and oxygen atoms in total. The maximum absolute atomic E-state index is 10.8. The maximum atomic E-state index is 10.8. The van der Waals surface area contributed by atoms with Crippen LogP contribution < -0.4 is 4.74 Å². The first-order valence-electron chi connectivity index (χ1n) is 7.18. The summed E-state index contributed by atoms with van der Waals surface area (Å²) >= 11 is 2.26. The first kappa shape index (κ1) is 16.2. The fraction of sp³-hybridized carbons (Fsp3) is 0.400. The largest absolute Gasteiger partial charge is 0.437 e.